The molecule has 3 nitrogen and oxygen atoms in total. The number of carbonyl (C=O) groups excluding carboxylic acids is 2. The predicted molar refractivity (Wildman–Crippen MR) is 76.5 cm³/mol. The molecule has 0 spiro atoms. The van der Waals surface area contributed by atoms with Gasteiger partial charge in [-0.2, -0.15) is 0 Å². The summed E-state index contributed by atoms with van der Waals surface area (Å²) in [6.45, 7) is 1.86. The molecular formula is C16H16ClNO2. The molecule has 1 saturated heterocycles. The molecule has 2 saturated carbocycles. The maximum atomic E-state index is 12.7. The summed E-state index contributed by atoms with van der Waals surface area (Å²) >= 11 is 6.13. The van der Waals surface area contributed by atoms with Crippen molar-refractivity contribution in [1.82, 2.24) is 0 Å². The van der Waals surface area contributed by atoms with E-state index in [4.69, 9.17) is 11.6 Å². The number of benzene rings is 1. The van der Waals surface area contributed by atoms with Crippen LogP contribution in [-0.4, -0.2) is 11.8 Å². The highest BCUT2D eigenvalue weighted by atomic mass is 35.5. The van der Waals surface area contributed by atoms with E-state index in [9.17, 15) is 9.59 Å². The molecule has 0 N–H and O–H groups in total. The fraction of sp³-hybridized carbons (Fsp3) is 0.500. The highest BCUT2D eigenvalue weighted by Crippen LogP contribution is 2.56. The number of carbonyl (C=O) groups is 2. The molecule has 1 aromatic rings. The first-order valence-corrected chi connectivity index (χ1v) is 7.60. The van der Waals surface area contributed by atoms with Crippen molar-refractivity contribution in [1.29, 1.82) is 0 Å². The Morgan fingerprint density at radius 2 is 1.70 bits per heavy atom. The molecule has 1 aliphatic heterocycles. The SMILES string of the molecule is Cc1c(Cl)cccc1N1C(=O)[C@H]2[C@@H]3CC[C@@H](C3)[C@@H]2C1=O. The number of amides is 2. The molecule has 0 radical (unpaired) electrons. The Bertz CT molecular complexity index is 599. The van der Waals surface area contributed by atoms with E-state index in [0.717, 1.165) is 24.8 Å². The fourth-order valence-electron chi connectivity index (χ4n) is 4.48. The topological polar surface area (TPSA) is 37.4 Å². The van der Waals surface area contributed by atoms with Crippen LogP contribution in [0.3, 0.4) is 0 Å². The van der Waals surface area contributed by atoms with E-state index in [1.165, 1.54) is 4.90 Å². The largest absolute Gasteiger partial charge is 0.274 e. The molecule has 20 heavy (non-hydrogen) atoms. The maximum absolute atomic E-state index is 12.7. The van der Waals surface area contributed by atoms with Gasteiger partial charge in [-0.25, -0.2) is 4.90 Å². The van der Waals surface area contributed by atoms with E-state index in [0.29, 0.717) is 22.5 Å². The van der Waals surface area contributed by atoms with E-state index in [2.05, 4.69) is 0 Å². The third-order valence-electron chi connectivity index (χ3n) is 5.41. The van der Waals surface area contributed by atoms with Crippen LogP contribution in [0.2, 0.25) is 5.02 Å². The molecule has 1 heterocycles. The molecule has 4 heteroatoms. The van der Waals surface area contributed by atoms with Crippen molar-refractivity contribution >= 4 is 29.1 Å². The Hall–Kier alpha value is -1.35. The van der Waals surface area contributed by atoms with Crippen molar-refractivity contribution in [2.24, 2.45) is 23.7 Å². The van der Waals surface area contributed by atoms with Gasteiger partial charge in [0.15, 0.2) is 0 Å². The lowest BCUT2D eigenvalue weighted by Gasteiger charge is -2.19. The van der Waals surface area contributed by atoms with E-state index >= 15 is 0 Å². The maximum Gasteiger partial charge on any atom is 0.237 e. The smallest absolute Gasteiger partial charge is 0.237 e. The highest BCUT2D eigenvalue weighted by molar-refractivity contribution is 6.32. The van der Waals surface area contributed by atoms with Gasteiger partial charge in [-0.3, -0.25) is 9.59 Å². The third kappa shape index (κ3) is 1.42. The van der Waals surface area contributed by atoms with Crippen molar-refractivity contribution in [3.63, 3.8) is 0 Å². The van der Waals surface area contributed by atoms with Gasteiger partial charge in [0, 0.05) is 5.02 Å². The molecule has 2 bridgehead atoms. The van der Waals surface area contributed by atoms with Gasteiger partial charge in [0.1, 0.15) is 0 Å². The molecule has 3 fully saturated rings. The highest BCUT2D eigenvalue weighted by Gasteiger charge is 2.61. The van der Waals surface area contributed by atoms with Crippen LogP contribution in [-0.2, 0) is 9.59 Å². The van der Waals surface area contributed by atoms with Gasteiger partial charge in [0.05, 0.1) is 17.5 Å². The van der Waals surface area contributed by atoms with E-state index in [1.54, 1.807) is 12.1 Å². The lowest BCUT2D eigenvalue weighted by molar-refractivity contribution is -0.123. The lowest BCUT2D eigenvalue weighted by atomic mass is 9.81. The standard InChI is InChI=1S/C16H16ClNO2/c1-8-11(17)3-2-4-12(8)18-15(19)13-9-5-6-10(7-9)14(13)16(18)20/h2-4,9-10,13-14H,5-7H2,1H3/t9-,10+,13-,14-/m0/s1. The third-order valence-corrected chi connectivity index (χ3v) is 5.82. The summed E-state index contributed by atoms with van der Waals surface area (Å²) in [7, 11) is 0. The van der Waals surface area contributed by atoms with Crippen LogP contribution >= 0.6 is 11.6 Å². The number of imide groups is 1. The minimum atomic E-state index is -0.0698. The van der Waals surface area contributed by atoms with Gasteiger partial charge in [-0.15, -0.1) is 0 Å². The van der Waals surface area contributed by atoms with Gasteiger partial charge in [0.2, 0.25) is 11.8 Å². The second-order valence-corrected chi connectivity index (χ2v) is 6.69. The van der Waals surface area contributed by atoms with Crippen LogP contribution in [0.25, 0.3) is 0 Å². The summed E-state index contributed by atoms with van der Waals surface area (Å²) in [5.74, 6) is 0.700. The minimum absolute atomic E-state index is 0.00225. The van der Waals surface area contributed by atoms with Crippen molar-refractivity contribution in [2.45, 2.75) is 26.2 Å². The quantitative estimate of drug-likeness (QED) is 0.745. The van der Waals surface area contributed by atoms with E-state index in [1.807, 2.05) is 13.0 Å². The summed E-state index contributed by atoms with van der Waals surface area (Å²) in [5, 5.41) is 0.600. The predicted octanol–water partition coefficient (Wildman–Crippen LogP) is 3.18. The molecule has 0 unspecified atom stereocenters. The van der Waals surface area contributed by atoms with Crippen LogP contribution in [0.15, 0.2) is 18.2 Å². The van der Waals surface area contributed by atoms with Crippen LogP contribution in [0.5, 0.6) is 0 Å². The van der Waals surface area contributed by atoms with Crippen molar-refractivity contribution in [3.05, 3.63) is 28.8 Å². The fourth-order valence-corrected chi connectivity index (χ4v) is 4.65. The van der Waals surface area contributed by atoms with E-state index in [-0.39, 0.29) is 23.7 Å². The first-order valence-electron chi connectivity index (χ1n) is 7.22. The zero-order chi connectivity index (χ0) is 14.0. The molecule has 3 aliphatic rings. The Morgan fingerprint density at radius 1 is 1.10 bits per heavy atom. The number of anilines is 1. The van der Waals surface area contributed by atoms with Crippen LogP contribution in [0.1, 0.15) is 24.8 Å². The molecule has 0 aromatic heterocycles. The van der Waals surface area contributed by atoms with Crippen LogP contribution in [0.4, 0.5) is 5.69 Å². The lowest BCUT2D eigenvalue weighted by Crippen LogP contribution is -2.33. The van der Waals surface area contributed by atoms with Crippen molar-refractivity contribution in [2.75, 3.05) is 4.90 Å². The summed E-state index contributed by atoms with van der Waals surface area (Å²) < 4.78 is 0. The second kappa shape index (κ2) is 4.08. The molecule has 4 rings (SSSR count). The van der Waals surface area contributed by atoms with E-state index < -0.39 is 0 Å². The zero-order valence-electron chi connectivity index (χ0n) is 11.3. The van der Waals surface area contributed by atoms with Gasteiger partial charge < -0.3 is 0 Å². The van der Waals surface area contributed by atoms with Gasteiger partial charge in [-0.05, 0) is 55.7 Å². The summed E-state index contributed by atoms with van der Waals surface area (Å²) in [4.78, 5) is 26.8. The number of nitrogens with zero attached hydrogens (tertiary/aromatic N) is 1. The number of hydrogen-bond donors (Lipinski definition) is 0. The monoisotopic (exact) mass is 289 g/mol. The normalized spacial score (nSPS) is 35.0. The average molecular weight is 290 g/mol. The Labute approximate surface area is 122 Å². The average Bonchev–Trinajstić information content (AvgIpc) is 3.09. The van der Waals surface area contributed by atoms with Crippen molar-refractivity contribution < 1.29 is 9.59 Å². The molecular weight excluding hydrogens is 274 g/mol. The molecule has 104 valence electrons. The van der Waals surface area contributed by atoms with Gasteiger partial charge in [-0.1, -0.05) is 17.7 Å². The minimum Gasteiger partial charge on any atom is -0.274 e. The van der Waals surface area contributed by atoms with Gasteiger partial charge in [0.25, 0.3) is 0 Å². The molecule has 4 atom stereocenters. The number of fused-ring (bicyclic) bond motifs is 5. The Balaban J connectivity index is 1.79. The first-order chi connectivity index (χ1) is 9.59. The van der Waals surface area contributed by atoms with Crippen molar-refractivity contribution in [3.8, 4) is 0 Å². The molecule has 2 amide bonds. The second-order valence-electron chi connectivity index (χ2n) is 6.28. The van der Waals surface area contributed by atoms with Crippen LogP contribution < -0.4 is 4.90 Å². The summed E-state index contributed by atoms with van der Waals surface area (Å²) in [5.41, 5.74) is 1.48. The zero-order valence-corrected chi connectivity index (χ0v) is 12.1. The molecule has 1 aromatic carbocycles. The number of rotatable bonds is 1. The van der Waals surface area contributed by atoms with Crippen LogP contribution in [0, 0.1) is 30.6 Å². The van der Waals surface area contributed by atoms with Gasteiger partial charge >= 0.3 is 0 Å². The summed E-state index contributed by atoms with van der Waals surface area (Å²) in [6.07, 6.45) is 3.27. The number of halogens is 1. The Morgan fingerprint density at radius 3 is 2.30 bits per heavy atom. The number of hydrogen-bond acceptors (Lipinski definition) is 2. The first kappa shape index (κ1) is 12.4. The Kier molecular flexibility index (Phi) is 2.53. The molecule has 2 aliphatic carbocycles. The summed E-state index contributed by atoms with van der Waals surface area (Å²) in [6, 6.07) is 5.41.